The number of aliphatic carboxylic acids is 5. The van der Waals surface area contributed by atoms with Crippen molar-refractivity contribution in [3.8, 4) is 0 Å². The number of rotatable bonds is 13. The standard InChI is InChI=1S/C9HF17O2.5C6H6S.C5HF9O2.C4HF7O2.C3HF5O2.C2HF3O2/c10-2(11,1(27)28)3(12,13)4(14,15)5(16,17)6(18,19)7(20,21)8(22,23)9(24,25)26;5*7-6-4-2-1-3-5-6;6-2(7,1(15)16)3(8,9)4(10,11)5(12,13)14;5-2(6,1(12)13)3(7,8)4(9,10)11;4-2(5,1(9)10)3(6,7)8;3-2(4,5)1(6)7/h(H,27,28);5*1-5,7H;(H,15,16);(H,12,13);(H,9,10);(H,6,7). The molecule has 0 aliphatic carbocycles. The van der Waals surface area contributed by atoms with Gasteiger partial charge >= 0.3 is 108 Å². The summed E-state index contributed by atoms with van der Waals surface area (Å²) < 4.78 is 487. The summed E-state index contributed by atoms with van der Waals surface area (Å²) >= 11 is 16.8. The van der Waals surface area contributed by atoms with Gasteiger partial charge in [-0.25, -0.2) is 0 Å². The number of carboxylic acids is 5. The summed E-state index contributed by atoms with van der Waals surface area (Å²) in [5.74, 6) is -117. The Bertz CT molecular complexity index is 3330. The Balaban J connectivity index is -0.000000386. The lowest BCUT2D eigenvalue weighted by Gasteiger charge is -2.42. The molecule has 624 valence electrons. The highest BCUT2D eigenvalue weighted by molar-refractivity contribution is 7.59. The van der Waals surface area contributed by atoms with Crippen LogP contribution in [-0.4, -0.2) is 138 Å². The molecule has 0 aromatic heterocycles. The van der Waals surface area contributed by atoms with Gasteiger partial charge < -0.3 is 49.5 Å². The first-order chi connectivity index (χ1) is 47.9. The van der Waals surface area contributed by atoms with Gasteiger partial charge in [0.2, 0.25) is 0 Å². The highest BCUT2D eigenvalue weighted by Gasteiger charge is 2.95. The third-order valence-electron chi connectivity index (χ3n) is 10.1. The Morgan fingerprint density at radius 2 is 0.312 bits per heavy atom. The number of hydrogen-bond donors (Lipinski definition) is 0. The van der Waals surface area contributed by atoms with Gasteiger partial charge in [0.25, 0.3) is 0 Å². The smallest absolute Gasteiger partial charge is 0.460 e. The third-order valence-corrected chi connectivity index (χ3v) is 11.8. The molecule has 5 rings (SSSR count). The molecule has 0 saturated carbocycles. The van der Waals surface area contributed by atoms with E-state index < -0.39 is 138 Å². The number of benzene rings is 5. The average molecular weight is 1770 g/mol. The number of hydrogen-bond acceptors (Lipinski definition) is 10. The van der Waals surface area contributed by atoms with E-state index in [4.69, 9.17) is 19.8 Å². The number of carbonyl (C=O) groups excluding carboxylic acids is 5. The van der Waals surface area contributed by atoms with E-state index in [1.807, 2.05) is 152 Å². The molecule has 0 unspecified atom stereocenters. The molecule has 0 N–H and O–H groups in total. The second kappa shape index (κ2) is 41.0. The molecule has 5 aromatic carbocycles. The summed E-state index contributed by atoms with van der Waals surface area (Å²) in [4.78, 5) is 51.8. The predicted molar refractivity (Wildman–Crippen MR) is 294 cm³/mol. The molecule has 109 heavy (non-hydrogen) atoms. The second-order valence-corrected chi connectivity index (χ2v) is 21.1. The topological polar surface area (TPSA) is 201 Å². The maximum atomic E-state index is 13.0. The van der Waals surface area contributed by atoms with Crippen LogP contribution in [0.1, 0.15) is 0 Å². The monoisotopic (exact) mass is 1770 g/mol. The molecule has 0 bridgehead atoms. The van der Waals surface area contributed by atoms with Crippen LogP contribution in [0.25, 0.3) is 0 Å². The van der Waals surface area contributed by atoms with E-state index in [-0.39, 0.29) is 0 Å². The van der Waals surface area contributed by atoms with E-state index in [0.717, 1.165) is 24.5 Å². The Morgan fingerprint density at radius 1 is 0.183 bits per heavy atom. The Hall–Kier alpha value is -7.67. The van der Waals surface area contributed by atoms with E-state index in [2.05, 4.69) is 63.1 Å². The highest BCUT2D eigenvalue weighted by atomic mass is 32.1. The molecule has 5 aromatic rings. The van der Waals surface area contributed by atoms with Crippen LogP contribution in [0.2, 0.25) is 0 Å². The van der Waals surface area contributed by atoms with Gasteiger partial charge in [0, 0.05) is 0 Å². The molecule has 0 aliphatic heterocycles. The zero-order valence-electron chi connectivity index (χ0n) is 50.5. The van der Waals surface area contributed by atoms with Crippen molar-refractivity contribution in [3.05, 3.63) is 152 Å². The van der Waals surface area contributed by atoms with Gasteiger partial charge in [-0.2, -0.15) is 180 Å². The molecular formula is C53H35F41O10S5. The molecule has 0 aliphatic rings. The zero-order chi connectivity index (χ0) is 88.5. The summed E-state index contributed by atoms with van der Waals surface area (Å²) in [6.45, 7) is 0. The normalized spacial score (nSPS) is 12.9. The van der Waals surface area contributed by atoms with Crippen molar-refractivity contribution in [2.45, 2.75) is 132 Å². The lowest BCUT2D eigenvalue weighted by atomic mass is 9.89. The summed E-state index contributed by atoms with van der Waals surface area (Å²) in [7, 11) is 0. The SMILES string of the molecule is O=C([O-])C(F)(F)C(F)(F)C(F)(F)C(F)(F)C(F)(F)C(F)(F)C(F)(F)C(F)(F)F.O=C([O-])C(F)(F)C(F)(F)C(F)(F)C(F)(F)F.O=C([O-])C(F)(F)C(F)(F)C(F)(F)F.O=C([O-])C(F)(F)C(F)(F)F.O=C([O-])C(F)(F)F.[SH2+]c1ccccc1.[SH2+]c1ccccc1.[SH2+]c1ccccc1.[SH2+]c1ccccc1.[SH2+]c1ccccc1. The van der Waals surface area contributed by atoms with Gasteiger partial charge in [-0.15, -0.1) is 0 Å². The minimum absolute atomic E-state index is 1.13. The minimum atomic E-state index is -8.79. The molecule has 0 radical (unpaired) electrons. The van der Waals surface area contributed by atoms with E-state index in [1.54, 1.807) is 0 Å². The molecule has 0 saturated heterocycles. The van der Waals surface area contributed by atoms with Crippen LogP contribution in [0.4, 0.5) is 180 Å². The van der Waals surface area contributed by atoms with Crippen molar-refractivity contribution in [2.24, 2.45) is 0 Å². The molecule has 0 amide bonds. The first-order valence-electron chi connectivity index (χ1n) is 25.1. The number of halogens is 41. The van der Waals surface area contributed by atoms with Gasteiger partial charge in [-0.1, -0.05) is 91.0 Å². The first kappa shape index (κ1) is 110. The van der Waals surface area contributed by atoms with Crippen LogP contribution >= 0.6 is 0 Å². The fourth-order valence-corrected chi connectivity index (χ4v) is 5.37. The number of alkyl halides is 41. The van der Waals surface area contributed by atoms with Crippen LogP contribution in [0.15, 0.2) is 176 Å². The fourth-order valence-electron chi connectivity index (χ4n) is 4.41. The summed E-state index contributed by atoms with van der Waals surface area (Å²) in [6.07, 6.45) is -32.8. The van der Waals surface area contributed by atoms with Crippen molar-refractivity contribution in [1.29, 1.82) is 0 Å². The Kier molecular flexibility index (Phi) is 41.4. The fraction of sp³-hybridized carbons (Fsp3) is 0.340. The first-order valence-corrected chi connectivity index (χ1v) is 27.6. The maximum absolute atomic E-state index is 13.0. The van der Waals surface area contributed by atoms with E-state index in [1.165, 1.54) is 0 Å². The van der Waals surface area contributed by atoms with Crippen LogP contribution in [0, 0.1) is 0 Å². The van der Waals surface area contributed by atoms with Gasteiger partial charge in [0.1, 0.15) is 54.3 Å². The van der Waals surface area contributed by atoms with Crippen molar-refractivity contribution < 1.29 is 230 Å². The maximum Gasteiger partial charge on any atom is 0.460 e. The van der Waals surface area contributed by atoms with Crippen LogP contribution in [0.5, 0.6) is 0 Å². The summed E-state index contributed by atoms with van der Waals surface area (Å²) in [5.41, 5.74) is 0. The quantitative estimate of drug-likeness (QED) is 0.0807. The molecule has 0 atom stereocenters. The minimum Gasteiger partial charge on any atom is -0.544 e. The highest BCUT2D eigenvalue weighted by Crippen LogP contribution is 2.64. The van der Waals surface area contributed by atoms with Crippen molar-refractivity contribution in [3.63, 3.8) is 0 Å². The van der Waals surface area contributed by atoms with E-state index >= 15 is 0 Å². The summed E-state index contributed by atoms with van der Waals surface area (Å²) in [6, 6.07) is 49.8. The van der Waals surface area contributed by atoms with Gasteiger partial charge in [-0.3, -0.25) is 0 Å². The lowest BCUT2D eigenvalue weighted by molar-refractivity contribution is -0.463. The van der Waals surface area contributed by atoms with Crippen LogP contribution < -0.4 is 25.5 Å². The molecule has 0 heterocycles. The number of carboxylic acid groups (broad SMARTS) is 5. The van der Waals surface area contributed by atoms with Crippen LogP contribution in [0.3, 0.4) is 0 Å². The third kappa shape index (κ3) is 30.2. The van der Waals surface area contributed by atoms with Gasteiger partial charge in [0.15, 0.2) is 0 Å². The van der Waals surface area contributed by atoms with Crippen molar-refractivity contribution in [2.75, 3.05) is 0 Å². The average Bonchev–Trinajstić information content (AvgIpc) is 0.694. The van der Waals surface area contributed by atoms with E-state index in [9.17, 15) is 210 Å². The molecular weight excluding hydrogens is 1740 g/mol. The largest absolute Gasteiger partial charge is 0.544 e. The summed E-state index contributed by atoms with van der Waals surface area (Å²) in [5, 5.41) is 46.2. The van der Waals surface area contributed by atoms with Crippen molar-refractivity contribution in [1.82, 2.24) is 0 Å². The lowest BCUT2D eigenvalue weighted by Crippen LogP contribution is -2.75. The number of carbonyl (C=O) groups is 5. The van der Waals surface area contributed by atoms with Crippen LogP contribution in [-0.2, 0) is 87.1 Å². The molecule has 0 spiro atoms. The van der Waals surface area contributed by atoms with E-state index in [0.29, 0.717) is 0 Å². The molecule has 56 heteroatoms. The van der Waals surface area contributed by atoms with Gasteiger partial charge in [0.05, 0.1) is 0 Å². The second-order valence-electron chi connectivity index (χ2n) is 18.2. The molecule has 10 nitrogen and oxygen atoms in total. The predicted octanol–water partition coefficient (Wildman–Crippen LogP) is 10.0. The molecule has 0 fully saturated rings. The Labute approximate surface area is 604 Å². The Morgan fingerprint density at radius 3 is 0.413 bits per heavy atom. The van der Waals surface area contributed by atoms with Gasteiger partial charge in [-0.05, 0) is 124 Å². The zero-order valence-corrected chi connectivity index (χ0v) is 55.5. The van der Waals surface area contributed by atoms with Crippen molar-refractivity contribution >= 4 is 93.0 Å².